The smallest absolute Gasteiger partial charge is 0.223 e. The van der Waals surface area contributed by atoms with Crippen molar-refractivity contribution in [3.63, 3.8) is 0 Å². The van der Waals surface area contributed by atoms with Crippen LogP contribution in [0.25, 0.3) is 10.4 Å². The van der Waals surface area contributed by atoms with Gasteiger partial charge in [-0.2, -0.15) is 0 Å². The summed E-state index contributed by atoms with van der Waals surface area (Å²) in [6.07, 6.45) is 2.26. The second-order valence-electron chi connectivity index (χ2n) is 3.73. The summed E-state index contributed by atoms with van der Waals surface area (Å²) in [5.74, 6) is 0.294. The number of nitrogens with zero attached hydrogens (tertiary/aromatic N) is 5. The van der Waals surface area contributed by atoms with Crippen LogP contribution < -0.4 is 0 Å². The molecule has 1 fully saturated rings. The number of carbonyl (C=O) groups excluding carboxylic acids is 1. The summed E-state index contributed by atoms with van der Waals surface area (Å²) in [5, 5.41) is 3.51. The lowest BCUT2D eigenvalue weighted by Gasteiger charge is -2.14. The quantitative estimate of drug-likeness (QED) is 0.454. The number of carbonyl (C=O) groups is 1. The van der Waals surface area contributed by atoms with E-state index in [2.05, 4.69) is 15.0 Å². The Hall–Kier alpha value is -1.59. The Bertz CT molecular complexity index is 412. The third-order valence-electron chi connectivity index (χ3n) is 2.53. The van der Waals surface area contributed by atoms with Gasteiger partial charge in [-0.15, -0.1) is 11.3 Å². The fourth-order valence-corrected chi connectivity index (χ4v) is 2.40. The van der Waals surface area contributed by atoms with Crippen molar-refractivity contribution >= 4 is 17.2 Å². The van der Waals surface area contributed by atoms with E-state index in [-0.39, 0.29) is 11.8 Å². The Kier molecular flexibility index (Phi) is 3.38. The molecule has 1 atom stereocenters. The number of thiazole rings is 1. The molecule has 1 amide bonds. The third-order valence-corrected chi connectivity index (χ3v) is 3.29. The van der Waals surface area contributed by atoms with Gasteiger partial charge < -0.3 is 4.90 Å². The SMILES string of the molecule is [N-]=[N+]=NCC1CC(=O)N(Cc2cncs2)C1. The molecule has 1 unspecified atom stereocenters. The van der Waals surface area contributed by atoms with E-state index in [0.717, 1.165) is 4.88 Å². The van der Waals surface area contributed by atoms with E-state index in [0.29, 0.717) is 26.1 Å². The summed E-state index contributed by atoms with van der Waals surface area (Å²) in [4.78, 5) is 21.2. The third kappa shape index (κ3) is 2.50. The Balaban J connectivity index is 1.92. The Morgan fingerprint density at radius 1 is 1.75 bits per heavy atom. The highest BCUT2D eigenvalue weighted by Crippen LogP contribution is 2.21. The summed E-state index contributed by atoms with van der Waals surface area (Å²) >= 11 is 1.54. The molecule has 1 aromatic rings. The van der Waals surface area contributed by atoms with Crippen molar-refractivity contribution in [2.45, 2.75) is 13.0 Å². The van der Waals surface area contributed by atoms with Crippen LogP contribution in [0.2, 0.25) is 0 Å². The molecule has 0 bridgehead atoms. The van der Waals surface area contributed by atoms with Crippen molar-refractivity contribution in [1.29, 1.82) is 0 Å². The molecule has 2 heterocycles. The molecule has 0 spiro atoms. The molecule has 1 aromatic heterocycles. The number of hydrogen-bond acceptors (Lipinski definition) is 4. The lowest BCUT2D eigenvalue weighted by molar-refractivity contribution is -0.128. The van der Waals surface area contributed by atoms with Gasteiger partial charge >= 0.3 is 0 Å². The van der Waals surface area contributed by atoms with E-state index in [1.54, 1.807) is 27.9 Å². The molecule has 16 heavy (non-hydrogen) atoms. The van der Waals surface area contributed by atoms with Crippen molar-refractivity contribution in [1.82, 2.24) is 9.88 Å². The van der Waals surface area contributed by atoms with Crippen LogP contribution >= 0.6 is 11.3 Å². The van der Waals surface area contributed by atoms with Gasteiger partial charge in [-0.1, -0.05) is 5.11 Å². The summed E-state index contributed by atoms with van der Waals surface area (Å²) < 4.78 is 0. The van der Waals surface area contributed by atoms with Crippen molar-refractivity contribution in [2.24, 2.45) is 11.0 Å². The average Bonchev–Trinajstić information content (AvgIpc) is 2.87. The fourth-order valence-electron chi connectivity index (χ4n) is 1.79. The minimum absolute atomic E-state index is 0.131. The van der Waals surface area contributed by atoms with Crippen LogP contribution in [0.15, 0.2) is 16.8 Å². The molecule has 84 valence electrons. The summed E-state index contributed by atoms with van der Waals surface area (Å²) in [6.45, 7) is 1.70. The van der Waals surface area contributed by atoms with Crippen molar-refractivity contribution in [3.8, 4) is 0 Å². The second-order valence-corrected chi connectivity index (χ2v) is 4.70. The van der Waals surface area contributed by atoms with E-state index in [9.17, 15) is 4.79 Å². The van der Waals surface area contributed by atoms with E-state index < -0.39 is 0 Å². The van der Waals surface area contributed by atoms with Gasteiger partial charge in [0.15, 0.2) is 0 Å². The number of likely N-dealkylation sites (tertiary alicyclic amines) is 1. The molecule has 2 rings (SSSR count). The predicted molar refractivity (Wildman–Crippen MR) is 59.7 cm³/mol. The van der Waals surface area contributed by atoms with Gasteiger partial charge in [0.2, 0.25) is 5.91 Å². The average molecular weight is 237 g/mol. The monoisotopic (exact) mass is 237 g/mol. The summed E-state index contributed by atoms with van der Waals surface area (Å²) in [6, 6.07) is 0. The zero-order valence-electron chi connectivity index (χ0n) is 8.61. The molecule has 0 radical (unpaired) electrons. The maximum atomic E-state index is 11.6. The highest BCUT2D eigenvalue weighted by Gasteiger charge is 2.28. The van der Waals surface area contributed by atoms with E-state index in [4.69, 9.17) is 5.53 Å². The van der Waals surface area contributed by atoms with Gasteiger partial charge in [0.05, 0.1) is 12.1 Å². The van der Waals surface area contributed by atoms with Gasteiger partial charge in [0.25, 0.3) is 0 Å². The molecule has 7 heteroatoms. The molecule has 0 aromatic carbocycles. The van der Waals surface area contributed by atoms with Gasteiger partial charge in [-0.05, 0) is 11.4 Å². The Labute approximate surface area is 96.5 Å². The first-order valence-corrected chi connectivity index (χ1v) is 5.83. The van der Waals surface area contributed by atoms with Crippen molar-refractivity contribution in [3.05, 3.63) is 27.0 Å². The van der Waals surface area contributed by atoms with Crippen molar-refractivity contribution in [2.75, 3.05) is 13.1 Å². The Morgan fingerprint density at radius 2 is 2.62 bits per heavy atom. The Morgan fingerprint density at radius 3 is 3.31 bits per heavy atom. The second kappa shape index (κ2) is 4.96. The first kappa shape index (κ1) is 10.9. The predicted octanol–water partition coefficient (Wildman–Crippen LogP) is 1.80. The van der Waals surface area contributed by atoms with E-state index in [1.165, 1.54) is 0 Å². The number of azide groups is 1. The van der Waals surface area contributed by atoms with Gasteiger partial charge in [-0.3, -0.25) is 9.78 Å². The van der Waals surface area contributed by atoms with Crippen LogP contribution in [0.4, 0.5) is 0 Å². The lowest BCUT2D eigenvalue weighted by atomic mass is 10.1. The number of hydrogen-bond donors (Lipinski definition) is 0. The fraction of sp³-hybridized carbons (Fsp3) is 0.556. The standard InChI is InChI=1S/C9H11N5OS/c10-13-12-2-7-1-9(15)14(4-7)5-8-3-11-6-16-8/h3,6-7H,1-2,4-5H2. The maximum Gasteiger partial charge on any atom is 0.223 e. The van der Waals surface area contributed by atoms with Gasteiger partial charge in [0, 0.05) is 35.5 Å². The van der Waals surface area contributed by atoms with Crippen LogP contribution in [0.1, 0.15) is 11.3 Å². The largest absolute Gasteiger partial charge is 0.337 e. The minimum atomic E-state index is 0.131. The first-order valence-electron chi connectivity index (χ1n) is 4.95. The maximum absolute atomic E-state index is 11.6. The summed E-state index contributed by atoms with van der Waals surface area (Å²) in [7, 11) is 0. The highest BCUT2D eigenvalue weighted by atomic mass is 32.1. The molecule has 0 N–H and O–H groups in total. The number of aromatic nitrogens is 1. The van der Waals surface area contributed by atoms with Crippen LogP contribution in [0.5, 0.6) is 0 Å². The molecular weight excluding hydrogens is 226 g/mol. The topological polar surface area (TPSA) is 82.0 Å². The van der Waals surface area contributed by atoms with Crippen LogP contribution in [0.3, 0.4) is 0 Å². The highest BCUT2D eigenvalue weighted by molar-refractivity contribution is 7.09. The van der Waals surface area contributed by atoms with Crippen molar-refractivity contribution < 1.29 is 4.79 Å². The molecular formula is C9H11N5OS. The molecule has 0 aliphatic carbocycles. The summed E-state index contributed by atoms with van der Waals surface area (Å²) in [5.41, 5.74) is 9.98. The molecule has 6 nitrogen and oxygen atoms in total. The van der Waals surface area contributed by atoms with E-state index in [1.807, 2.05) is 0 Å². The zero-order chi connectivity index (χ0) is 11.4. The normalized spacial score (nSPS) is 19.9. The lowest BCUT2D eigenvalue weighted by Crippen LogP contribution is -2.24. The van der Waals surface area contributed by atoms with Crippen LogP contribution in [-0.4, -0.2) is 28.9 Å². The van der Waals surface area contributed by atoms with Crippen LogP contribution in [0, 0.1) is 5.92 Å². The zero-order valence-corrected chi connectivity index (χ0v) is 9.43. The molecule has 1 saturated heterocycles. The van der Waals surface area contributed by atoms with Gasteiger partial charge in [0.1, 0.15) is 0 Å². The molecule has 0 saturated carbocycles. The van der Waals surface area contributed by atoms with Gasteiger partial charge in [-0.25, -0.2) is 0 Å². The first-order chi connectivity index (χ1) is 7.79. The van der Waals surface area contributed by atoms with Crippen LogP contribution in [-0.2, 0) is 11.3 Å². The molecule has 1 aliphatic rings. The molecule has 1 aliphatic heterocycles. The minimum Gasteiger partial charge on any atom is -0.337 e. The number of rotatable bonds is 4. The van der Waals surface area contributed by atoms with E-state index >= 15 is 0 Å². The number of amides is 1.